The van der Waals surface area contributed by atoms with Crippen LogP contribution in [0.4, 0.5) is 5.69 Å². The third kappa shape index (κ3) is 3.96. The van der Waals surface area contributed by atoms with Gasteiger partial charge < -0.3 is 15.7 Å². The molecule has 1 aromatic rings. The number of hydrogen-bond acceptors (Lipinski definition) is 3. The minimum atomic E-state index is -1.43. The number of carboxylic acid groups (broad SMARTS) is 1. The number of nitrogens with one attached hydrogen (secondary N) is 2. The molecule has 0 atom stereocenters. The van der Waals surface area contributed by atoms with E-state index in [0.717, 1.165) is 0 Å². The maximum atomic E-state index is 12.1. The number of amides is 2. The van der Waals surface area contributed by atoms with Crippen molar-refractivity contribution in [2.24, 2.45) is 0 Å². The molecule has 0 saturated heterocycles. The Morgan fingerprint density at radius 2 is 1.85 bits per heavy atom. The normalized spacial score (nSPS) is 10.8. The van der Waals surface area contributed by atoms with E-state index in [1.54, 1.807) is 6.07 Å². The maximum absolute atomic E-state index is 12.1. The monoisotopic (exact) mass is 298 g/mol. The SMILES string of the molecule is CC(=O)Nc1ccc(Cl)c(C(=O)NC(C)(C)C(=O)O)c1. The summed E-state index contributed by atoms with van der Waals surface area (Å²) in [5.41, 5.74) is -0.933. The van der Waals surface area contributed by atoms with E-state index in [0.29, 0.717) is 5.69 Å². The van der Waals surface area contributed by atoms with Crippen molar-refractivity contribution in [3.05, 3.63) is 28.8 Å². The predicted molar refractivity (Wildman–Crippen MR) is 74.9 cm³/mol. The molecular formula is C13H15ClN2O4. The summed E-state index contributed by atoms with van der Waals surface area (Å²) in [4.78, 5) is 34.0. The van der Waals surface area contributed by atoms with Gasteiger partial charge in [-0.15, -0.1) is 0 Å². The van der Waals surface area contributed by atoms with Gasteiger partial charge in [-0.05, 0) is 32.0 Å². The van der Waals surface area contributed by atoms with Crippen LogP contribution in [0, 0.1) is 0 Å². The standard InChI is InChI=1S/C13H15ClN2O4/c1-7(17)15-8-4-5-10(14)9(6-8)11(18)16-13(2,3)12(19)20/h4-6H,1-3H3,(H,15,17)(H,16,18)(H,19,20). The lowest BCUT2D eigenvalue weighted by atomic mass is 10.0. The fourth-order valence-electron chi connectivity index (χ4n) is 1.38. The highest BCUT2D eigenvalue weighted by molar-refractivity contribution is 6.34. The van der Waals surface area contributed by atoms with Crippen molar-refractivity contribution in [1.82, 2.24) is 5.32 Å². The number of aliphatic carboxylic acids is 1. The highest BCUT2D eigenvalue weighted by atomic mass is 35.5. The molecule has 0 aliphatic rings. The Bertz CT molecular complexity index is 569. The average molecular weight is 299 g/mol. The van der Waals surface area contributed by atoms with E-state index in [1.807, 2.05) is 0 Å². The molecule has 0 radical (unpaired) electrons. The number of carboxylic acids is 1. The van der Waals surface area contributed by atoms with Crippen LogP contribution >= 0.6 is 11.6 Å². The molecule has 2 amide bonds. The average Bonchev–Trinajstić information content (AvgIpc) is 2.30. The van der Waals surface area contributed by atoms with Gasteiger partial charge in [0, 0.05) is 12.6 Å². The smallest absolute Gasteiger partial charge is 0.328 e. The van der Waals surface area contributed by atoms with E-state index in [-0.39, 0.29) is 16.5 Å². The van der Waals surface area contributed by atoms with Gasteiger partial charge in [0.25, 0.3) is 5.91 Å². The van der Waals surface area contributed by atoms with Crippen LogP contribution in [0.5, 0.6) is 0 Å². The summed E-state index contributed by atoms with van der Waals surface area (Å²) in [6, 6.07) is 4.38. The number of rotatable bonds is 4. The lowest BCUT2D eigenvalue weighted by Gasteiger charge is -2.21. The van der Waals surface area contributed by atoms with Gasteiger partial charge >= 0.3 is 5.97 Å². The molecular weight excluding hydrogens is 284 g/mol. The molecule has 0 fully saturated rings. The van der Waals surface area contributed by atoms with Gasteiger partial charge in [0.2, 0.25) is 5.91 Å². The number of anilines is 1. The Morgan fingerprint density at radius 3 is 2.35 bits per heavy atom. The number of carbonyl (C=O) groups excluding carboxylic acids is 2. The number of benzene rings is 1. The topological polar surface area (TPSA) is 95.5 Å². The number of carbonyl (C=O) groups is 3. The first kappa shape index (κ1) is 16.0. The second-order valence-electron chi connectivity index (χ2n) is 4.76. The van der Waals surface area contributed by atoms with Crippen LogP contribution in [0.2, 0.25) is 5.02 Å². The fourth-order valence-corrected chi connectivity index (χ4v) is 1.59. The second-order valence-corrected chi connectivity index (χ2v) is 5.17. The van der Waals surface area contributed by atoms with E-state index in [2.05, 4.69) is 10.6 Å². The van der Waals surface area contributed by atoms with Crippen LogP contribution in [0.25, 0.3) is 0 Å². The van der Waals surface area contributed by atoms with Gasteiger partial charge in [-0.3, -0.25) is 9.59 Å². The van der Waals surface area contributed by atoms with Crippen LogP contribution in [0.3, 0.4) is 0 Å². The lowest BCUT2D eigenvalue weighted by molar-refractivity contribution is -0.143. The van der Waals surface area contributed by atoms with E-state index >= 15 is 0 Å². The molecule has 0 spiro atoms. The minimum Gasteiger partial charge on any atom is -0.480 e. The third-order valence-corrected chi connectivity index (χ3v) is 2.82. The van der Waals surface area contributed by atoms with Crippen molar-refractivity contribution < 1.29 is 19.5 Å². The molecule has 0 aliphatic carbocycles. The zero-order chi connectivity index (χ0) is 15.5. The second kappa shape index (κ2) is 5.92. The Kier molecular flexibility index (Phi) is 4.73. The van der Waals surface area contributed by atoms with E-state index in [9.17, 15) is 14.4 Å². The summed E-state index contributed by atoms with van der Waals surface area (Å²) in [5, 5.41) is 14.0. The van der Waals surface area contributed by atoms with Gasteiger partial charge in [-0.25, -0.2) is 4.79 Å². The fraction of sp³-hybridized carbons (Fsp3) is 0.308. The largest absolute Gasteiger partial charge is 0.480 e. The van der Waals surface area contributed by atoms with Gasteiger partial charge in [0.1, 0.15) is 5.54 Å². The molecule has 0 aliphatic heterocycles. The first-order chi connectivity index (χ1) is 9.13. The van der Waals surface area contributed by atoms with E-state index in [4.69, 9.17) is 16.7 Å². The summed E-state index contributed by atoms with van der Waals surface area (Å²) >= 11 is 5.92. The highest BCUT2D eigenvalue weighted by Gasteiger charge is 2.30. The van der Waals surface area contributed by atoms with Gasteiger partial charge in [0.15, 0.2) is 0 Å². The Labute approximate surface area is 121 Å². The molecule has 1 aromatic carbocycles. The van der Waals surface area contributed by atoms with E-state index < -0.39 is 17.4 Å². The number of hydrogen-bond donors (Lipinski definition) is 3. The van der Waals surface area contributed by atoms with Crippen molar-refractivity contribution in [2.75, 3.05) is 5.32 Å². The highest BCUT2D eigenvalue weighted by Crippen LogP contribution is 2.21. The Hall–Kier alpha value is -2.08. The Balaban J connectivity index is 3.03. The molecule has 6 nitrogen and oxygen atoms in total. The molecule has 0 saturated carbocycles. The summed E-state index contributed by atoms with van der Waals surface area (Å²) in [5.74, 6) is -2.08. The van der Waals surface area contributed by atoms with Gasteiger partial charge in [0.05, 0.1) is 10.6 Å². The van der Waals surface area contributed by atoms with Crippen molar-refractivity contribution in [3.8, 4) is 0 Å². The van der Waals surface area contributed by atoms with Crippen LogP contribution < -0.4 is 10.6 Å². The van der Waals surface area contributed by atoms with Crippen molar-refractivity contribution >= 4 is 35.1 Å². The molecule has 7 heteroatoms. The molecule has 108 valence electrons. The quantitative estimate of drug-likeness (QED) is 0.791. The minimum absolute atomic E-state index is 0.0900. The molecule has 20 heavy (non-hydrogen) atoms. The molecule has 0 heterocycles. The van der Waals surface area contributed by atoms with Crippen LogP contribution in [0.15, 0.2) is 18.2 Å². The first-order valence-electron chi connectivity index (χ1n) is 5.76. The van der Waals surface area contributed by atoms with E-state index in [1.165, 1.54) is 32.9 Å². The first-order valence-corrected chi connectivity index (χ1v) is 6.14. The predicted octanol–water partition coefficient (Wildman–Crippen LogP) is 1.89. The van der Waals surface area contributed by atoms with Crippen molar-refractivity contribution in [3.63, 3.8) is 0 Å². The summed E-state index contributed by atoms with van der Waals surface area (Å²) in [7, 11) is 0. The third-order valence-electron chi connectivity index (χ3n) is 2.49. The van der Waals surface area contributed by atoms with Crippen molar-refractivity contribution in [2.45, 2.75) is 26.3 Å². The van der Waals surface area contributed by atoms with Gasteiger partial charge in [-0.1, -0.05) is 11.6 Å². The van der Waals surface area contributed by atoms with Crippen LogP contribution in [0.1, 0.15) is 31.1 Å². The maximum Gasteiger partial charge on any atom is 0.328 e. The van der Waals surface area contributed by atoms with Crippen LogP contribution in [-0.4, -0.2) is 28.4 Å². The molecule has 0 unspecified atom stereocenters. The summed E-state index contributed by atoms with van der Waals surface area (Å²) < 4.78 is 0. The Morgan fingerprint density at radius 1 is 1.25 bits per heavy atom. The van der Waals surface area contributed by atoms with Crippen LogP contribution in [-0.2, 0) is 9.59 Å². The molecule has 0 aromatic heterocycles. The zero-order valence-corrected chi connectivity index (χ0v) is 12.0. The number of halogens is 1. The molecule has 0 bridgehead atoms. The lowest BCUT2D eigenvalue weighted by Crippen LogP contribution is -2.49. The molecule has 3 N–H and O–H groups in total. The molecule has 1 rings (SSSR count). The van der Waals surface area contributed by atoms with Gasteiger partial charge in [-0.2, -0.15) is 0 Å². The summed E-state index contributed by atoms with van der Waals surface area (Å²) in [6.07, 6.45) is 0. The zero-order valence-electron chi connectivity index (χ0n) is 11.3. The van der Waals surface area contributed by atoms with Crippen molar-refractivity contribution in [1.29, 1.82) is 0 Å². The summed E-state index contributed by atoms with van der Waals surface area (Å²) in [6.45, 7) is 4.06.